The molecule has 0 saturated heterocycles. The van der Waals surface area contributed by atoms with Crippen molar-refractivity contribution in [1.82, 2.24) is 8.61 Å². The predicted molar refractivity (Wildman–Crippen MR) is 86.4 cm³/mol. The lowest BCUT2D eigenvalue weighted by Crippen LogP contribution is -2.45. The molecule has 1 saturated carbocycles. The van der Waals surface area contributed by atoms with Gasteiger partial charge in [-0.15, -0.1) is 0 Å². The molecule has 0 amide bonds. The molecule has 1 aromatic rings. The van der Waals surface area contributed by atoms with E-state index >= 15 is 0 Å². The van der Waals surface area contributed by atoms with Crippen LogP contribution in [0.4, 0.5) is 4.39 Å². The fraction of sp³-hybridized carbons (Fsp3) is 0.600. The maximum atomic E-state index is 13.8. The Balaban J connectivity index is 2.14. The molecule has 7 heteroatoms. The first-order valence-corrected chi connectivity index (χ1v) is 9.23. The lowest BCUT2D eigenvalue weighted by molar-refractivity contribution is 0.267. The van der Waals surface area contributed by atoms with E-state index < -0.39 is 16.0 Å². The van der Waals surface area contributed by atoms with Crippen molar-refractivity contribution in [3.05, 3.63) is 34.6 Å². The molecule has 0 spiro atoms. The van der Waals surface area contributed by atoms with Crippen molar-refractivity contribution in [1.29, 1.82) is 0 Å². The van der Waals surface area contributed by atoms with Gasteiger partial charge in [0.1, 0.15) is 5.82 Å². The smallest absolute Gasteiger partial charge is 0.207 e. The summed E-state index contributed by atoms with van der Waals surface area (Å²) < 4.78 is 41.7. The first-order chi connectivity index (χ1) is 10.3. The van der Waals surface area contributed by atoms with Crippen LogP contribution in [0.15, 0.2) is 18.2 Å². The van der Waals surface area contributed by atoms with Crippen LogP contribution in [0.5, 0.6) is 0 Å². The van der Waals surface area contributed by atoms with Gasteiger partial charge in [-0.3, -0.25) is 0 Å². The molecule has 4 nitrogen and oxygen atoms in total. The van der Waals surface area contributed by atoms with E-state index in [9.17, 15) is 12.8 Å². The Morgan fingerprint density at radius 3 is 2.45 bits per heavy atom. The molecule has 0 atom stereocenters. The summed E-state index contributed by atoms with van der Waals surface area (Å²) in [6.45, 7) is -0.0785. The van der Waals surface area contributed by atoms with Crippen molar-refractivity contribution in [2.45, 2.75) is 44.7 Å². The Kier molecular flexibility index (Phi) is 5.82. The van der Waals surface area contributed by atoms with Gasteiger partial charge in [0.15, 0.2) is 0 Å². The molecule has 22 heavy (non-hydrogen) atoms. The molecular weight excluding hydrogens is 327 g/mol. The fourth-order valence-electron chi connectivity index (χ4n) is 2.84. The van der Waals surface area contributed by atoms with Crippen LogP contribution in [-0.2, 0) is 16.8 Å². The Labute approximate surface area is 137 Å². The molecule has 2 rings (SSSR count). The van der Waals surface area contributed by atoms with Crippen molar-refractivity contribution in [3.63, 3.8) is 0 Å². The van der Waals surface area contributed by atoms with Gasteiger partial charge < -0.3 is 0 Å². The normalized spacial score (nSPS) is 17.4. The van der Waals surface area contributed by atoms with Crippen LogP contribution in [0.3, 0.4) is 0 Å². The highest BCUT2D eigenvalue weighted by molar-refractivity contribution is 7.86. The van der Waals surface area contributed by atoms with Crippen LogP contribution in [-0.4, -0.2) is 37.2 Å². The fourth-order valence-corrected chi connectivity index (χ4v) is 4.38. The molecule has 0 aliphatic heterocycles. The van der Waals surface area contributed by atoms with Gasteiger partial charge in [0.2, 0.25) is 0 Å². The van der Waals surface area contributed by atoms with E-state index in [1.165, 1.54) is 23.5 Å². The van der Waals surface area contributed by atoms with Crippen LogP contribution in [0.2, 0.25) is 5.02 Å². The highest BCUT2D eigenvalue weighted by Gasteiger charge is 2.31. The highest BCUT2D eigenvalue weighted by Crippen LogP contribution is 2.26. The van der Waals surface area contributed by atoms with Gasteiger partial charge in [-0.05, 0) is 25.0 Å². The van der Waals surface area contributed by atoms with Gasteiger partial charge in [0.25, 0.3) is 10.2 Å². The van der Waals surface area contributed by atoms with E-state index in [1.807, 2.05) is 0 Å². The molecule has 0 radical (unpaired) electrons. The average Bonchev–Trinajstić information content (AvgIpc) is 2.51. The number of hydrogen-bond acceptors (Lipinski definition) is 2. The molecule has 124 valence electrons. The molecule has 1 fully saturated rings. The van der Waals surface area contributed by atoms with Crippen LogP contribution < -0.4 is 0 Å². The second kappa shape index (κ2) is 7.25. The van der Waals surface area contributed by atoms with E-state index in [-0.39, 0.29) is 23.2 Å². The van der Waals surface area contributed by atoms with Crippen molar-refractivity contribution >= 4 is 21.8 Å². The maximum Gasteiger partial charge on any atom is 0.282 e. The highest BCUT2D eigenvalue weighted by atomic mass is 35.5. The zero-order valence-corrected chi connectivity index (χ0v) is 14.5. The minimum atomic E-state index is -3.63. The largest absolute Gasteiger partial charge is 0.282 e. The summed E-state index contributed by atoms with van der Waals surface area (Å²) in [5.74, 6) is -0.491. The Morgan fingerprint density at radius 2 is 1.86 bits per heavy atom. The summed E-state index contributed by atoms with van der Waals surface area (Å²) >= 11 is 5.98. The SMILES string of the molecule is CN(Cc1c(F)cccc1Cl)S(=O)(=O)N(C)C1CCCCC1. The number of benzene rings is 1. The Hall–Kier alpha value is -0.690. The second-order valence-corrected chi connectivity index (χ2v) is 8.27. The molecule has 0 unspecified atom stereocenters. The van der Waals surface area contributed by atoms with Gasteiger partial charge in [-0.25, -0.2) is 4.39 Å². The predicted octanol–water partition coefficient (Wildman–Crippen LogP) is 3.42. The standard InChI is InChI=1S/C15H22ClFN2O2S/c1-18(11-13-14(16)9-6-10-15(13)17)22(20,21)19(2)12-7-4-3-5-8-12/h6,9-10,12H,3-5,7-8,11H2,1-2H3. The summed E-state index contributed by atoms with van der Waals surface area (Å²) in [5, 5.41) is 0.238. The molecule has 0 N–H and O–H groups in total. The molecule has 0 bridgehead atoms. The van der Waals surface area contributed by atoms with Crippen LogP contribution in [0, 0.1) is 5.82 Å². The van der Waals surface area contributed by atoms with Crippen molar-refractivity contribution < 1.29 is 12.8 Å². The van der Waals surface area contributed by atoms with E-state index in [1.54, 1.807) is 13.1 Å². The van der Waals surface area contributed by atoms with Gasteiger partial charge in [-0.1, -0.05) is 36.9 Å². The zero-order valence-electron chi connectivity index (χ0n) is 12.9. The lowest BCUT2D eigenvalue weighted by atomic mass is 9.96. The summed E-state index contributed by atoms with van der Waals surface area (Å²) in [6.07, 6.45) is 5.01. The van der Waals surface area contributed by atoms with Crippen LogP contribution in [0.1, 0.15) is 37.7 Å². The second-order valence-electron chi connectivity index (χ2n) is 5.77. The lowest BCUT2D eigenvalue weighted by Gasteiger charge is -2.33. The Morgan fingerprint density at radius 1 is 1.23 bits per heavy atom. The first-order valence-electron chi connectivity index (χ1n) is 7.46. The van der Waals surface area contributed by atoms with Crippen molar-refractivity contribution in [2.75, 3.05) is 14.1 Å². The zero-order chi connectivity index (χ0) is 16.3. The Bertz CT molecular complexity index is 598. The number of nitrogens with zero attached hydrogens (tertiary/aromatic N) is 2. The number of rotatable bonds is 5. The van der Waals surface area contributed by atoms with Crippen LogP contribution in [0.25, 0.3) is 0 Å². The third-order valence-electron chi connectivity index (χ3n) is 4.29. The molecule has 0 heterocycles. The molecule has 1 aliphatic carbocycles. The van der Waals surface area contributed by atoms with Gasteiger partial charge >= 0.3 is 0 Å². The van der Waals surface area contributed by atoms with Gasteiger partial charge in [0, 0.05) is 37.3 Å². The number of hydrogen-bond donors (Lipinski definition) is 0. The van der Waals surface area contributed by atoms with Gasteiger partial charge in [-0.2, -0.15) is 17.0 Å². The topological polar surface area (TPSA) is 40.6 Å². The third kappa shape index (κ3) is 3.79. The summed E-state index contributed by atoms with van der Waals surface area (Å²) in [7, 11) is -0.571. The average molecular weight is 349 g/mol. The molecule has 1 aliphatic rings. The molecule has 1 aromatic carbocycles. The minimum absolute atomic E-state index is 0.0253. The summed E-state index contributed by atoms with van der Waals surface area (Å²) in [5.41, 5.74) is 0.201. The summed E-state index contributed by atoms with van der Waals surface area (Å²) in [6, 6.07) is 4.37. The van der Waals surface area contributed by atoms with E-state index in [4.69, 9.17) is 11.6 Å². The van der Waals surface area contributed by atoms with Crippen LogP contribution >= 0.6 is 11.6 Å². The maximum absolute atomic E-state index is 13.8. The van der Waals surface area contributed by atoms with Crippen molar-refractivity contribution in [3.8, 4) is 0 Å². The van der Waals surface area contributed by atoms with Crippen molar-refractivity contribution in [2.24, 2.45) is 0 Å². The quantitative estimate of drug-likeness (QED) is 0.818. The first kappa shape index (κ1) is 17.7. The third-order valence-corrected chi connectivity index (χ3v) is 6.59. The number of halogens is 2. The monoisotopic (exact) mass is 348 g/mol. The molecular formula is C15H22ClFN2O2S. The minimum Gasteiger partial charge on any atom is -0.207 e. The van der Waals surface area contributed by atoms with Gasteiger partial charge in [0.05, 0.1) is 0 Å². The van der Waals surface area contributed by atoms with E-state index in [0.29, 0.717) is 0 Å². The van der Waals surface area contributed by atoms with E-state index in [0.717, 1.165) is 36.4 Å². The molecule has 0 aromatic heterocycles. The van der Waals surface area contributed by atoms with E-state index in [2.05, 4.69) is 0 Å². The summed E-state index contributed by atoms with van der Waals surface area (Å²) in [4.78, 5) is 0.